The molecule has 6 heteroatoms. The molecule has 2 atom stereocenters. The van der Waals surface area contributed by atoms with Crippen molar-refractivity contribution in [1.29, 1.82) is 0 Å². The first-order valence-corrected chi connectivity index (χ1v) is 8.31. The van der Waals surface area contributed by atoms with Crippen molar-refractivity contribution in [3.8, 4) is 0 Å². The maximum absolute atomic E-state index is 12.5. The number of anilines is 1. The Morgan fingerprint density at radius 1 is 1.50 bits per heavy atom. The van der Waals surface area contributed by atoms with Crippen molar-refractivity contribution in [1.82, 2.24) is 4.72 Å². The number of hydrogen-bond donors (Lipinski definition) is 2. The van der Waals surface area contributed by atoms with Crippen LogP contribution in [0, 0.1) is 0 Å². The molecule has 0 amide bonds. The Balaban J connectivity index is 2.29. The van der Waals surface area contributed by atoms with Crippen LogP contribution in [-0.2, 0) is 21.2 Å². The first-order valence-electron chi connectivity index (χ1n) is 6.82. The number of nitrogens with two attached hydrogens (primary N) is 1. The smallest absolute Gasteiger partial charge is 0.241 e. The monoisotopic (exact) mass is 298 g/mol. The molecule has 0 aliphatic carbocycles. The van der Waals surface area contributed by atoms with Crippen LogP contribution in [0.1, 0.15) is 32.8 Å². The Kier molecular flexibility index (Phi) is 4.09. The van der Waals surface area contributed by atoms with Gasteiger partial charge in [0.2, 0.25) is 10.0 Å². The average molecular weight is 298 g/mol. The van der Waals surface area contributed by atoms with Gasteiger partial charge in [-0.1, -0.05) is 13.0 Å². The topological polar surface area (TPSA) is 81.4 Å². The number of rotatable bonds is 4. The number of hydrogen-bond acceptors (Lipinski definition) is 4. The van der Waals surface area contributed by atoms with Gasteiger partial charge in [-0.3, -0.25) is 0 Å². The van der Waals surface area contributed by atoms with Crippen molar-refractivity contribution in [2.45, 2.75) is 50.2 Å². The number of aryl methyl sites for hydroxylation is 1. The number of sulfonamides is 1. The largest absolute Gasteiger partial charge is 0.398 e. The van der Waals surface area contributed by atoms with E-state index in [1.165, 1.54) is 6.07 Å². The second-order valence-corrected chi connectivity index (χ2v) is 7.18. The molecule has 0 radical (unpaired) electrons. The van der Waals surface area contributed by atoms with E-state index in [1.54, 1.807) is 12.1 Å². The lowest BCUT2D eigenvalue weighted by Crippen LogP contribution is -2.50. The molecule has 0 saturated carbocycles. The van der Waals surface area contributed by atoms with E-state index < -0.39 is 15.6 Å². The fourth-order valence-corrected chi connectivity index (χ4v) is 3.93. The molecule has 0 bridgehead atoms. The van der Waals surface area contributed by atoms with Crippen molar-refractivity contribution >= 4 is 15.7 Å². The summed E-state index contributed by atoms with van der Waals surface area (Å²) in [4.78, 5) is 0.201. The molecule has 2 unspecified atom stereocenters. The fraction of sp³-hybridized carbons (Fsp3) is 0.571. The highest BCUT2D eigenvalue weighted by Crippen LogP contribution is 2.28. The van der Waals surface area contributed by atoms with Crippen LogP contribution in [0.3, 0.4) is 0 Å². The van der Waals surface area contributed by atoms with Crippen molar-refractivity contribution in [3.63, 3.8) is 0 Å². The van der Waals surface area contributed by atoms with Crippen LogP contribution in [-0.4, -0.2) is 26.7 Å². The third-order valence-electron chi connectivity index (χ3n) is 4.06. The highest BCUT2D eigenvalue weighted by Gasteiger charge is 2.40. The number of benzene rings is 1. The van der Waals surface area contributed by atoms with Crippen molar-refractivity contribution < 1.29 is 13.2 Å². The minimum atomic E-state index is -3.59. The van der Waals surface area contributed by atoms with E-state index in [4.69, 9.17) is 10.5 Å². The standard InChI is InChI=1S/C14H22N2O3S/c1-4-11-5-6-12(9-13(11)15)20(17,18)16-14(3)7-8-19-10(14)2/h5-6,9-10,16H,4,7-8,15H2,1-3H3. The van der Waals surface area contributed by atoms with Gasteiger partial charge in [0.1, 0.15) is 0 Å². The lowest BCUT2D eigenvalue weighted by atomic mass is 9.97. The summed E-state index contributed by atoms with van der Waals surface area (Å²) in [5.74, 6) is 0. The normalized spacial score (nSPS) is 26.9. The van der Waals surface area contributed by atoms with Crippen LogP contribution in [0.25, 0.3) is 0 Å². The Bertz CT molecular complexity index is 600. The zero-order valence-corrected chi connectivity index (χ0v) is 13.0. The second-order valence-electron chi connectivity index (χ2n) is 5.50. The highest BCUT2D eigenvalue weighted by molar-refractivity contribution is 7.89. The average Bonchev–Trinajstić information content (AvgIpc) is 2.68. The van der Waals surface area contributed by atoms with E-state index in [1.807, 2.05) is 20.8 Å². The van der Waals surface area contributed by atoms with Gasteiger partial charge in [0, 0.05) is 12.3 Å². The molecule has 1 fully saturated rings. The molecule has 5 nitrogen and oxygen atoms in total. The molecule has 0 aromatic heterocycles. The molecule has 1 aromatic rings. The van der Waals surface area contributed by atoms with Gasteiger partial charge >= 0.3 is 0 Å². The van der Waals surface area contributed by atoms with E-state index in [0.717, 1.165) is 12.0 Å². The van der Waals surface area contributed by atoms with Gasteiger partial charge in [0.05, 0.1) is 16.5 Å². The quantitative estimate of drug-likeness (QED) is 0.829. The van der Waals surface area contributed by atoms with Gasteiger partial charge in [0.25, 0.3) is 0 Å². The molecular weight excluding hydrogens is 276 g/mol. The molecule has 1 aliphatic rings. The van der Waals surface area contributed by atoms with Crippen molar-refractivity contribution in [2.24, 2.45) is 0 Å². The number of nitrogens with one attached hydrogen (secondary N) is 1. The van der Waals surface area contributed by atoms with Crippen LogP contribution in [0.4, 0.5) is 5.69 Å². The van der Waals surface area contributed by atoms with Crippen LogP contribution in [0.15, 0.2) is 23.1 Å². The van der Waals surface area contributed by atoms with Crippen LogP contribution < -0.4 is 10.5 Å². The first-order chi connectivity index (χ1) is 9.28. The highest BCUT2D eigenvalue weighted by atomic mass is 32.2. The Morgan fingerprint density at radius 2 is 2.20 bits per heavy atom. The van der Waals surface area contributed by atoms with Gasteiger partial charge in [0.15, 0.2) is 0 Å². The molecule has 1 heterocycles. The maximum Gasteiger partial charge on any atom is 0.241 e. The molecular formula is C14H22N2O3S. The Labute approximate surface area is 120 Å². The third-order valence-corrected chi connectivity index (χ3v) is 5.67. The molecule has 1 saturated heterocycles. The summed E-state index contributed by atoms with van der Waals surface area (Å²) >= 11 is 0. The molecule has 112 valence electrons. The van der Waals surface area contributed by atoms with E-state index in [-0.39, 0.29) is 11.0 Å². The van der Waals surface area contributed by atoms with Gasteiger partial charge in [-0.2, -0.15) is 0 Å². The summed E-state index contributed by atoms with van der Waals surface area (Å²) in [5, 5.41) is 0. The Hall–Kier alpha value is -1.11. The van der Waals surface area contributed by atoms with Gasteiger partial charge in [-0.25, -0.2) is 13.1 Å². The van der Waals surface area contributed by atoms with E-state index in [2.05, 4.69) is 4.72 Å². The molecule has 3 N–H and O–H groups in total. The molecule has 2 rings (SSSR count). The van der Waals surface area contributed by atoms with E-state index >= 15 is 0 Å². The molecule has 1 aliphatic heterocycles. The summed E-state index contributed by atoms with van der Waals surface area (Å²) in [6.45, 7) is 6.30. The third kappa shape index (κ3) is 2.82. The van der Waals surface area contributed by atoms with E-state index in [0.29, 0.717) is 18.7 Å². The lowest BCUT2D eigenvalue weighted by molar-refractivity contribution is 0.0957. The number of ether oxygens (including phenoxy) is 1. The van der Waals surface area contributed by atoms with Gasteiger partial charge in [-0.15, -0.1) is 0 Å². The van der Waals surface area contributed by atoms with Gasteiger partial charge in [-0.05, 0) is 44.4 Å². The van der Waals surface area contributed by atoms with Crippen LogP contribution in [0.2, 0.25) is 0 Å². The summed E-state index contributed by atoms with van der Waals surface area (Å²) in [6, 6.07) is 4.88. The number of nitrogen functional groups attached to an aromatic ring is 1. The predicted molar refractivity (Wildman–Crippen MR) is 79.0 cm³/mol. The summed E-state index contributed by atoms with van der Waals surface area (Å²) in [6.07, 6.45) is 1.29. The molecule has 0 spiro atoms. The predicted octanol–water partition coefficient (Wildman–Crippen LogP) is 1.68. The van der Waals surface area contributed by atoms with Crippen molar-refractivity contribution in [3.05, 3.63) is 23.8 Å². The van der Waals surface area contributed by atoms with Crippen LogP contribution in [0.5, 0.6) is 0 Å². The van der Waals surface area contributed by atoms with E-state index in [9.17, 15) is 8.42 Å². The summed E-state index contributed by atoms with van der Waals surface area (Å²) in [5.41, 5.74) is 6.77. The zero-order chi connectivity index (χ0) is 15.0. The zero-order valence-electron chi connectivity index (χ0n) is 12.1. The molecule has 20 heavy (non-hydrogen) atoms. The van der Waals surface area contributed by atoms with Crippen molar-refractivity contribution in [2.75, 3.05) is 12.3 Å². The molecule has 1 aromatic carbocycles. The second kappa shape index (κ2) is 5.35. The maximum atomic E-state index is 12.5. The SMILES string of the molecule is CCc1ccc(S(=O)(=O)NC2(C)CCOC2C)cc1N. The first kappa shape index (κ1) is 15.3. The fourth-order valence-electron chi connectivity index (χ4n) is 2.40. The Morgan fingerprint density at radius 3 is 2.70 bits per heavy atom. The minimum Gasteiger partial charge on any atom is -0.398 e. The summed E-state index contributed by atoms with van der Waals surface area (Å²) in [7, 11) is -3.59. The van der Waals surface area contributed by atoms with Gasteiger partial charge < -0.3 is 10.5 Å². The van der Waals surface area contributed by atoms with Crippen LogP contribution >= 0.6 is 0 Å². The lowest BCUT2D eigenvalue weighted by Gasteiger charge is -2.28. The summed E-state index contributed by atoms with van der Waals surface area (Å²) < 4.78 is 33.1. The minimum absolute atomic E-state index is 0.149.